The quantitative estimate of drug-likeness (QED) is 0.678. The largest absolute Gasteiger partial charge is 0.346 e. The van der Waals surface area contributed by atoms with Gasteiger partial charge in [-0.15, -0.1) is 0 Å². The first-order valence-electron chi connectivity index (χ1n) is 5.98. The predicted molar refractivity (Wildman–Crippen MR) is 63.9 cm³/mol. The fourth-order valence-electron chi connectivity index (χ4n) is 1.59. The zero-order valence-electron chi connectivity index (χ0n) is 9.92. The Labute approximate surface area is 92.5 Å². The molecule has 0 fully saturated rings. The highest BCUT2D eigenvalue weighted by atomic mass is 14.9. The van der Waals surface area contributed by atoms with Crippen molar-refractivity contribution in [3.05, 3.63) is 17.7 Å². The number of hydrogen-bond acceptors (Lipinski definition) is 2. The van der Waals surface area contributed by atoms with Crippen molar-refractivity contribution in [3.63, 3.8) is 0 Å². The molecule has 0 aliphatic rings. The zero-order valence-corrected chi connectivity index (χ0v) is 9.92. The Morgan fingerprint density at radius 1 is 1.27 bits per heavy atom. The highest BCUT2D eigenvalue weighted by Gasteiger charge is 2.03. The van der Waals surface area contributed by atoms with E-state index in [0.717, 1.165) is 25.2 Å². The first-order valence-corrected chi connectivity index (χ1v) is 5.98. The van der Waals surface area contributed by atoms with Crippen LogP contribution >= 0.6 is 0 Å². The zero-order chi connectivity index (χ0) is 11.1. The van der Waals surface area contributed by atoms with Gasteiger partial charge in [-0.05, 0) is 25.3 Å². The van der Waals surface area contributed by atoms with Crippen molar-refractivity contribution in [2.75, 3.05) is 6.54 Å². The van der Waals surface area contributed by atoms with E-state index < -0.39 is 0 Å². The van der Waals surface area contributed by atoms with Crippen LogP contribution in [0.15, 0.2) is 6.20 Å². The molecule has 0 amide bonds. The van der Waals surface area contributed by atoms with Crippen molar-refractivity contribution in [2.24, 2.45) is 5.73 Å². The van der Waals surface area contributed by atoms with Gasteiger partial charge in [-0.3, -0.25) is 0 Å². The summed E-state index contributed by atoms with van der Waals surface area (Å²) in [5.74, 6) is 1.68. The van der Waals surface area contributed by atoms with Crippen molar-refractivity contribution in [3.8, 4) is 0 Å². The highest BCUT2D eigenvalue weighted by Crippen LogP contribution is 2.12. The number of nitrogens with zero attached hydrogens (tertiary/aromatic N) is 1. The van der Waals surface area contributed by atoms with Gasteiger partial charge in [0.1, 0.15) is 5.82 Å². The van der Waals surface area contributed by atoms with Crippen LogP contribution in [0.1, 0.15) is 57.0 Å². The number of aromatic amines is 1. The van der Waals surface area contributed by atoms with E-state index in [2.05, 4.69) is 23.8 Å². The summed E-state index contributed by atoms with van der Waals surface area (Å²) in [6.07, 6.45) is 7.89. The molecular weight excluding hydrogens is 186 g/mol. The molecule has 1 heterocycles. The molecule has 0 aliphatic heterocycles. The monoisotopic (exact) mass is 209 g/mol. The van der Waals surface area contributed by atoms with Crippen LogP contribution in [-0.4, -0.2) is 16.5 Å². The Kier molecular flexibility index (Phi) is 5.40. The summed E-state index contributed by atoms with van der Waals surface area (Å²) in [6, 6.07) is 0. The number of unbranched alkanes of at least 4 members (excludes halogenated alkanes) is 3. The molecule has 0 spiro atoms. The first-order chi connectivity index (χ1) is 7.24. The number of hydrogen-bond donors (Lipinski definition) is 2. The Morgan fingerprint density at radius 3 is 2.60 bits per heavy atom. The Bertz CT molecular complexity index is 266. The molecule has 0 bridgehead atoms. The lowest BCUT2D eigenvalue weighted by molar-refractivity contribution is 0.636. The van der Waals surface area contributed by atoms with Crippen molar-refractivity contribution in [1.82, 2.24) is 9.97 Å². The molecule has 1 aromatic heterocycles. The van der Waals surface area contributed by atoms with Crippen molar-refractivity contribution in [1.29, 1.82) is 0 Å². The van der Waals surface area contributed by atoms with Gasteiger partial charge in [-0.2, -0.15) is 0 Å². The van der Waals surface area contributed by atoms with Gasteiger partial charge in [-0.1, -0.05) is 26.7 Å². The second-order valence-corrected chi connectivity index (χ2v) is 4.39. The average Bonchev–Trinajstić information content (AvgIpc) is 2.66. The maximum absolute atomic E-state index is 5.44. The third-order valence-electron chi connectivity index (χ3n) is 2.64. The van der Waals surface area contributed by atoms with Crippen LogP contribution in [0.5, 0.6) is 0 Å². The maximum Gasteiger partial charge on any atom is 0.106 e. The number of aromatic nitrogens is 2. The van der Waals surface area contributed by atoms with E-state index in [1.165, 1.54) is 25.0 Å². The van der Waals surface area contributed by atoms with Gasteiger partial charge in [0.25, 0.3) is 0 Å². The van der Waals surface area contributed by atoms with E-state index in [1.807, 2.05) is 6.20 Å². The van der Waals surface area contributed by atoms with Crippen molar-refractivity contribution in [2.45, 2.75) is 51.9 Å². The molecule has 0 unspecified atom stereocenters. The number of nitrogens with two attached hydrogens (primary N) is 1. The van der Waals surface area contributed by atoms with E-state index in [9.17, 15) is 0 Å². The van der Waals surface area contributed by atoms with E-state index in [1.54, 1.807) is 0 Å². The topological polar surface area (TPSA) is 54.7 Å². The van der Waals surface area contributed by atoms with Crippen LogP contribution in [0.3, 0.4) is 0 Å². The lowest BCUT2D eigenvalue weighted by Gasteiger charge is -2.00. The summed E-state index contributed by atoms with van der Waals surface area (Å²) in [5, 5.41) is 0. The Hall–Kier alpha value is -0.830. The number of nitrogens with one attached hydrogen (secondary N) is 1. The molecule has 86 valence electrons. The molecule has 3 N–H and O–H groups in total. The van der Waals surface area contributed by atoms with Gasteiger partial charge < -0.3 is 10.7 Å². The number of rotatable bonds is 7. The smallest absolute Gasteiger partial charge is 0.106 e. The molecule has 0 saturated heterocycles. The summed E-state index contributed by atoms with van der Waals surface area (Å²) < 4.78 is 0. The second-order valence-electron chi connectivity index (χ2n) is 4.39. The van der Waals surface area contributed by atoms with Gasteiger partial charge in [0.05, 0.1) is 0 Å². The molecule has 0 saturated carbocycles. The molecule has 3 nitrogen and oxygen atoms in total. The van der Waals surface area contributed by atoms with Gasteiger partial charge in [0.15, 0.2) is 0 Å². The van der Waals surface area contributed by atoms with Gasteiger partial charge in [0.2, 0.25) is 0 Å². The van der Waals surface area contributed by atoms with Gasteiger partial charge >= 0.3 is 0 Å². The summed E-state index contributed by atoms with van der Waals surface area (Å²) in [7, 11) is 0. The standard InChI is InChI=1S/C12H23N3/c1-10(2)11-9-14-12(15-11)7-5-3-4-6-8-13/h9-10H,3-8,13H2,1-2H3,(H,14,15). The first kappa shape index (κ1) is 12.2. The normalized spacial score (nSPS) is 11.2. The number of imidazole rings is 1. The second kappa shape index (κ2) is 6.62. The summed E-state index contributed by atoms with van der Waals surface area (Å²) in [6.45, 7) is 5.18. The SMILES string of the molecule is CC(C)c1cnc(CCCCCCN)[nH]1. The molecule has 1 aromatic rings. The van der Waals surface area contributed by atoms with Crippen LogP contribution in [0.2, 0.25) is 0 Å². The van der Waals surface area contributed by atoms with Crippen molar-refractivity contribution >= 4 is 0 Å². The van der Waals surface area contributed by atoms with Crippen LogP contribution in [0.25, 0.3) is 0 Å². The number of aryl methyl sites for hydroxylation is 1. The lowest BCUT2D eigenvalue weighted by atomic mass is 10.1. The minimum Gasteiger partial charge on any atom is -0.346 e. The lowest BCUT2D eigenvalue weighted by Crippen LogP contribution is -1.98. The molecule has 0 aliphatic carbocycles. The fraction of sp³-hybridized carbons (Fsp3) is 0.750. The van der Waals surface area contributed by atoms with Gasteiger partial charge in [0, 0.05) is 18.3 Å². The number of H-pyrrole nitrogens is 1. The highest BCUT2D eigenvalue weighted by molar-refractivity contribution is 5.05. The Balaban J connectivity index is 2.20. The molecule has 1 rings (SSSR count). The minimum atomic E-state index is 0.545. The molecule has 15 heavy (non-hydrogen) atoms. The molecule has 0 radical (unpaired) electrons. The van der Waals surface area contributed by atoms with E-state index >= 15 is 0 Å². The minimum absolute atomic E-state index is 0.545. The molecule has 0 atom stereocenters. The van der Waals surface area contributed by atoms with Crippen LogP contribution in [-0.2, 0) is 6.42 Å². The molecule has 3 heteroatoms. The fourth-order valence-corrected chi connectivity index (χ4v) is 1.59. The van der Waals surface area contributed by atoms with Crippen molar-refractivity contribution < 1.29 is 0 Å². The maximum atomic E-state index is 5.44. The summed E-state index contributed by atoms with van der Waals surface area (Å²) >= 11 is 0. The van der Waals surface area contributed by atoms with E-state index in [0.29, 0.717) is 5.92 Å². The molecule has 0 aromatic carbocycles. The summed E-state index contributed by atoms with van der Waals surface area (Å²) in [5.41, 5.74) is 6.68. The van der Waals surface area contributed by atoms with E-state index in [-0.39, 0.29) is 0 Å². The van der Waals surface area contributed by atoms with E-state index in [4.69, 9.17) is 5.73 Å². The van der Waals surface area contributed by atoms with Crippen LogP contribution < -0.4 is 5.73 Å². The Morgan fingerprint density at radius 2 is 2.00 bits per heavy atom. The van der Waals surface area contributed by atoms with Crippen LogP contribution in [0, 0.1) is 0 Å². The average molecular weight is 209 g/mol. The summed E-state index contributed by atoms with van der Waals surface area (Å²) in [4.78, 5) is 7.74. The third-order valence-corrected chi connectivity index (χ3v) is 2.64. The predicted octanol–water partition coefficient (Wildman–Crippen LogP) is 2.59. The van der Waals surface area contributed by atoms with Crippen LogP contribution in [0.4, 0.5) is 0 Å². The molecular formula is C12H23N3. The third kappa shape index (κ3) is 4.47. The van der Waals surface area contributed by atoms with Gasteiger partial charge in [-0.25, -0.2) is 4.98 Å².